The molecule has 0 bridgehead atoms. The highest BCUT2D eigenvalue weighted by molar-refractivity contribution is 5.96. The maximum Gasteiger partial charge on any atom is 0.257 e. The number of nitrogens with zero attached hydrogens (tertiary/aromatic N) is 3. The van der Waals surface area contributed by atoms with Crippen LogP contribution in [-0.2, 0) is 11.8 Å². The molecule has 3 rings (SSSR count). The maximum absolute atomic E-state index is 12.9. The van der Waals surface area contributed by atoms with E-state index in [4.69, 9.17) is 0 Å². The second-order valence-corrected chi connectivity index (χ2v) is 7.32. The lowest BCUT2D eigenvalue weighted by Gasteiger charge is -2.33. The highest BCUT2D eigenvalue weighted by atomic mass is 35.5. The zero-order valence-corrected chi connectivity index (χ0v) is 16.7. The van der Waals surface area contributed by atoms with E-state index in [0.29, 0.717) is 19.0 Å². The Morgan fingerprint density at radius 2 is 2.04 bits per heavy atom. The second-order valence-electron chi connectivity index (χ2n) is 7.32. The molecule has 2 amide bonds. The first-order chi connectivity index (χ1) is 12.0. The number of likely N-dealkylation sites (tertiary alicyclic amines) is 1. The molecule has 146 valence electrons. The molecule has 1 aromatic rings. The predicted octanol–water partition coefficient (Wildman–Crippen LogP) is 1.18. The average Bonchev–Trinajstić information content (AvgIpc) is 3.22. The number of aromatic nitrogens is 2. The van der Waals surface area contributed by atoms with Crippen molar-refractivity contribution in [2.45, 2.75) is 45.6 Å². The Morgan fingerprint density at radius 3 is 2.65 bits per heavy atom. The minimum absolute atomic E-state index is 0. The molecule has 2 aliphatic rings. The third kappa shape index (κ3) is 4.38. The Hall–Kier alpha value is -1.60. The lowest BCUT2D eigenvalue weighted by atomic mass is 9.97. The van der Waals surface area contributed by atoms with Crippen LogP contribution < -0.4 is 10.6 Å². The van der Waals surface area contributed by atoms with Crippen molar-refractivity contribution in [2.75, 3.05) is 26.2 Å². The summed E-state index contributed by atoms with van der Waals surface area (Å²) in [5.41, 5.74) is 2.42. The van der Waals surface area contributed by atoms with Gasteiger partial charge in [-0.2, -0.15) is 5.10 Å². The number of aryl methyl sites for hydroxylation is 2. The number of hydrogen-bond donors (Lipinski definition) is 2. The van der Waals surface area contributed by atoms with Gasteiger partial charge in [0.2, 0.25) is 5.91 Å². The van der Waals surface area contributed by atoms with E-state index in [9.17, 15) is 9.59 Å². The summed E-state index contributed by atoms with van der Waals surface area (Å²) in [6.07, 6.45) is 4.01. The van der Waals surface area contributed by atoms with Crippen molar-refractivity contribution in [2.24, 2.45) is 13.0 Å². The monoisotopic (exact) mass is 383 g/mol. The zero-order valence-electron chi connectivity index (χ0n) is 15.9. The Kier molecular flexibility index (Phi) is 7.06. The SMILES string of the molecule is Cc1nn(C)c(C)c1C(=O)N1CCCC(CNC(=O)C2CCCN2)C1.Cl. The Labute approximate surface area is 161 Å². The van der Waals surface area contributed by atoms with Gasteiger partial charge in [0, 0.05) is 32.4 Å². The average molecular weight is 384 g/mol. The van der Waals surface area contributed by atoms with Gasteiger partial charge in [0.1, 0.15) is 0 Å². The summed E-state index contributed by atoms with van der Waals surface area (Å²) in [4.78, 5) is 27.0. The number of hydrogen-bond acceptors (Lipinski definition) is 4. The smallest absolute Gasteiger partial charge is 0.257 e. The van der Waals surface area contributed by atoms with Crippen molar-refractivity contribution in [3.63, 3.8) is 0 Å². The summed E-state index contributed by atoms with van der Waals surface area (Å²) in [5.74, 6) is 0.483. The summed E-state index contributed by atoms with van der Waals surface area (Å²) < 4.78 is 1.76. The minimum Gasteiger partial charge on any atom is -0.354 e. The number of carbonyl (C=O) groups is 2. The predicted molar refractivity (Wildman–Crippen MR) is 103 cm³/mol. The van der Waals surface area contributed by atoms with Crippen molar-refractivity contribution in [3.05, 3.63) is 17.0 Å². The van der Waals surface area contributed by atoms with Gasteiger partial charge in [0.25, 0.3) is 5.91 Å². The van der Waals surface area contributed by atoms with Crippen LogP contribution >= 0.6 is 12.4 Å². The Balaban J connectivity index is 0.00000243. The van der Waals surface area contributed by atoms with E-state index < -0.39 is 0 Å². The second kappa shape index (κ2) is 8.86. The number of halogens is 1. The first kappa shape index (κ1) is 20.7. The standard InChI is InChI=1S/C18H29N5O2.ClH/c1-12-16(13(2)22(3)21-12)18(25)23-9-5-6-14(11-23)10-20-17(24)15-7-4-8-19-15;/h14-15,19H,4-11H2,1-3H3,(H,20,24);1H. The van der Waals surface area contributed by atoms with Crippen LogP contribution in [0, 0.1) is 19.8 Å². The van der Waals surface area contributed by atoms with Crippen molar-refractivity contribution in [1.82, 2.24) is 25.3 Å². The highest BCUT2D eigenvalue weighted by Crippen LogP contribution is 2.21. The molecule has 8 heteroatoms. The summed E-state index contributed by atoms with van der Waals surface area (Å²) in [7, 11) is 1.87. The van der Waals surface area contributed by atoms with Crippen LogP contribution in [0.4, 0.5) is 0 Å². The fourth-order valence-electron chi connectivity index (χ4n) is 3.93. The van der Waals surface area contributed by atoms with E-state index in [2.05, 4.69) is 15.7 Å². The number of carbonyl (C=O) groups excluding carboxylic acids is 2. The van der Waals surface area contributed by atoms with E-state index in [0.717, 1.165) is 55.7 Å². The molecular weight excluding hydrogens is 354 g/mol. The molecular formula is C18H30ClN5O2. The number of piperidine rings is 1. The molecule has 2 N–H and O–H groups in total. The van der Waals surface area contributed by atoms with E-state index in [1.54, 1.807) is 4.68 Å². The van der Waals surface area contributed by atoms with Gasteiger partial charge in [-0.05, 0) is 52.0 Å². The molecule has 0 saturated carbocycles. The van der Waals surface area contributed by atoms with Crippen LogP contribution in [0.2, 0.25) is 0 Å². The first-order valence-electron chi connectivity index (χ1n) is 9.28. The van der Waals surface area contributed by atoms with Gasteiger partial charge in [-0.1, -0.05) is 0 Å². The number of nitrogens with one attached hydrogen (secondary N) is 2. The van der Waals surface area contributed by atoms with Crippen molar-refractivity contribution >= 4 is 24.2 Å². The molecule has 0 aliphatic carbocycles. The van der Waals surface area contributed by atoms with E-state index >= 15 is 0 Å². The topological polar surface area (TPSA) is 79.3 Å². The summed E-state index contributed by atoms with van der Waals surface area (Å²) in [6.45, 7) is 6.87. The van der Waals surface area contributed by atoms with Gasteiger partial charge in [0.15, 0.2) is 0 Å². The molecule has 2 saturated heterocycles. The number of amides is 2. The zero-order chi connectivity index (χ0) is 18.0. The third-order valence-corrected chi connectivity index (χ3v) is 5.47. The molecule has 2 unspecified atom stereocenters. The van der Waals surface area contributed by atoms with Gasteiger partial charge in [-0.25, -0.2) is 0 Å². The quantitative estimate of drug-likeness (QED) is 0.818. The van der Waals surface area contributed by atoms with Crippen molar-refractivity contribution in [1.29, 1.82) is 0 Å². The van der Waals surface area contributed by atoms with Gasteiger partial charge < -0.3 is 15.5 Å². The Morgan fingerprint density at radius 1 is 1.27 bits per heavy atom. The van der Waals surface area contributed by atoms with Gasteiger partial charge in [-0.3, -0.25) is 14.3 Å². The molecule has 2 fully saturated rings. The summed E-state index contributed by atoms with van der Waals surface area (Å²) in [6, 6.07) is -0.0398. The van der Waals surface area contributed by atoms with Crippen LogP contribution in [-0.4, -0.2) is 58.7 Å². The lowest BCUT2D eigenvalue weighted by Crippen LogP contribution is -2.46. The van der Waals surface area contributed by atoms with Crippen molar-refractivity contribution < 1.29 is 9.59 Å². The number of rotatable bonds is 4. The lowest BCUT2D eigenvalue weighted by molar-refractivity contribution is -0.123. The van der Waals surface area contributed by atoms with Crippen LogP contribution in [0.15, 0.2) is 0 Å². The Bertz CT molecular complexity index is 654. The normalized spacial score (nSPS) is 22.8. The molecule has 7 nitrogen and oxygen atoms in total. The van der Waals surface area contributed by atoms with Gasteiger partial charge in [-0.15, -0.1) is 12.4 Å². The maximum atomic E-state index is 12.9. The van der Waals surface area contributed by atoms with Crippen molar-refractivity contribution in [3.8, 4) is 0 Å². The molecule has 0 radical (unpaired) electrons. The molecule has 0 spiro atoms. The molecule has 0 aromatic carbocycles. The van der Waals surface area contributed by atoms with Crippen LogP contribution in [0.25, 0.3) is 0 Å². The molecule has 26 heavy (non-hydrogen) atoms. The molecule has 1 aromatic heterocycles. The first-order valence-corrected chi connectivity index (χ1v) is 9.28. The highest BCUT2D eigenvalue weighted by Gasteiger charge is 2.29. The summed E-state index contributed by atoms with van der Waals surface area (Å²) >= 11 is 0. The fourth-order valence-corrected chi connectivity index (χ4v) is 3.93. The minimum atomic E-state index is -0.0398. The van der Waals surface area contributed by atoms with Gasteiger partial charge >= 0.3 is 0 Å². The molecule has 2 aliphatic heterocycles. The largest absolute Gasteiger partial charge is 0.354 e. The van der Waals surface area contributed by atoms with Crippen LogP contribution in [0.5, 0.6) is 0 Å². The molecule has 2 atom stereocenters. The molecule has 3 heterocycles. The third-order valence-electron chi connectivity index (χ3n) is 5.47. The van der Waals surface area contributed by atoms with Crippen LogP contribution in [0.1, 0.15) is 47.4 Å². The van der Waals surface area contributed by atoms with E-state index in [1.807, 2.05) is 25.8 Å². The summed E-state index contributed by atoms with van der Waals surface area (Å²) in [5, 5.41) is 10.6. The van der Waals surface area contributed by atoms with Gasteiger partial charge in [0.05, 0.1) is 17.3 Å². The fraction of sp³-hybridized carbons (Fsp3) is 0.722. The van der Waals surface area contributed by atoms with E-state index in [-0.39, 0.29) is 30.3 Å². The van der Waals surface area contributed by atoms with Crippen LogP contribution in [0.3, 0.4) is 0 Å². The van der Waals surface area contributed by atoms with E-state index in [1.165, 1.54) is 0 Å².